The Hall–Kier alpha value is -2.62. The van der Waals surface area contributed by atoms with Crippen LogP contribution < -0.4 is 5.32 Å². The van der Waals surface area contributed by atoms with Crippen LogP contribution in [0.25, 0.3) is 0 Å². The van der Waals surface area contributed by atoms with Gasteiger partial charge in [0.1, 0.15) is 0 Å². The molecular formula is C17H17NO3. The topological polar surface area (TPSA) is 66.4 Å². The Morgan fingerprint density at radius 1 is 1.05 bits per heavy atom. The Morgan fingerprint density at radius 2 is 1.71 bits per heavy atom. The van der Waals surface area contributed by atoms with E-state index in [9.17, 15) is 9.59 Å². The van der Waals surface area contributed by atoms with E-state index in [0.717, 1.165) is 11.1 Å². The second-order valence-corrected chi connectivity index (χ2v) is 4.87. The van der Waals surface area contributed by atoms with Crippen LogP contribution in [0.5, 0.6) is 0 Å². The first-order valence-corrected chi connectivity index (χ1v) is 6.74. The largest absolute Gasteiger partial charge is 0.481 e. The number of amides is 1. The smallest absolute Gasteiger partial charge is 0.303 e. The Bertz CT molecular complexity index is 647. The molecule has 4 heteroatoms. The summed E-state index contributed by atoms with van der Waals surface area (Å²) in [6.07, 6.45) is 0.428. The third kappa shape index (κ3) is 4.18. The van der Waals surface area contributed by atoms with E-state index >= 15 is 0 Å². The fourth-order valence-corrected chi connectivity index (χ4v) is 2.00. The molecule has 0 heterocycles. The van der Waals surface area contributed by atoms with Crippen molar-refractivity contribution in [2.45, 2.75) is 19.8 Å². The standard InChI is InChI=1S/C17H17NO3/c1-12-6-8-14(9-7-12)17(21)18-15-5-3-2-4-13(15)10-11-16(19)20/h2-9H,10-11H2,1H3,(H,18,21)(H,19,20). The monoisotopic (exact) mass is 283 g/mol. The second kappa shape index (κ2) is 6.70. The van der Waals surface area contributed by atoms with E-state index in [1.807, 2.05) is 37.3 Å². The summed E-state index contributed by atoms with van der Waals surface area (Å²) in [5.74, 6) is -1.05. The maximum atomic E-state index is 12.2. The van der Waals surface area contributed by atoms with Crippen LogP contribution in [0.15, 0.2) is 48.5 Å². The highest BCUT2D eigenvalue weighted by molar-refractivity contribution is 6.04. The lowest BCUT2D eigenvalue weighted by atomic mass is 10.1. The number of carboxylic acids is 1. The summed E-state index contributed by atoms with van der Waals surface area (Å²) >= 11 is 0. The van der Waals surface area contributed by atoms with Crippen LogP contribution in [0.1, 0.15) is 27.9 Å². The maximum absolute atomic E-state index is 12.2. The van der Waals surface area contributed by atoms with Gasteiger partial charge in [0.2, 0.25) is 0 Å². The van der Waals surface area contributed by atoms with Crippen molar-refractivity contribution < 1.29 is 14.7 Å². The van der Waals surface area contributed by atoms with E-state index in [1.54, 1.807) is 18.2 Å². The Kier molecular flexibility index (Phi) is 4.72. The van der Waals surface area contributed by atoms with Crippen LogP contribution in [0.3, 0.4) is 0 Å². The molecule has 0 bridgehead atoms. The number of anilines is 1. The molecule has 0 saturated heterocycles. The molecule has 0 aliphatic carbocycles. The molecule has 0 spiro atoms. The lowest BCUT2D eigenvalue weighted by molar-refractivity contribution is -0.136. The quantitative estimate of drug-likeness (QED) is 0.885. The molecule has 2 aromatic carbocycles. The fourth-order valence-electron chi connectivity index (χ4n) is 2.00. The summed E-state index contributed by atoms with van der Waals surface area (Å²) in [4.78, 5) is 22.9. The van der Waals surface area contributed by atoms with Crippen molar-refractivity contribution in [1.29, 1.82) is 0 Å². The maximum Gasteiger partial charge on any atom is 0.303 e. The van der Waals surface area contributed by atoms with E-state index in [2.05, 4.69) is 5.32 Å². The summed E-state index contributed by atoms with van der Waals surface area (Å²) in [6.45, 7) is 1.96. The van der Waals surface area contributed by atoms with Gasteiger partial charge in [-0.15, -0.1) is 0 Å². The minimum atomic E-state index is -0.852. The minimum absolute atomic E-state index is 0.0391. The molecule has 0 fully saturated rings. The number of benzene rings is 2. The molecule has 1 amide bonds. The third-order valence-corrected chi connectivity index (χ3v) is 3.19. The van der Waals surface area contributed by atoms with Crippen molar-refractivity contribution in [2.24, 2.45) is 0 Å². The van der Waals surface area contributed by atoms with Gasteiger partial charge in [0.15, 0.2) is 0 Å². The number of aryl methyl sites for hydroxylation is 2. The van der Waals surface area contributed by atoms with Crippen molar-refractivity contribution in [3.63, 3.8) is 0 Å². The molecule has 2 N–H and O–H groups in total. The Balaban J connectivity index is 2.13. The minimum Gasteiger partial charge on any atom is -0.481 e. The van der Waals surface area contributed by atoms with Crippen molar-refractivity contribution in [2.75, 3.05) is 5.32 Å². The number of aliphatic carboxylic acids is 1. The summed E-state index contributed by atoms with van der Waals surface area (Å²) in [5, 5.41) is 11.6. The third-order valence-electron chi connectivity index (χ3n) is 3.19. The van der Waals surface area contributed by atoms with E-state index < -0.39 is 5.97 Å². The second-order valence-electron chi connectivity index (χ2n) is 4.87. The highest BCUT2D eigenvalue weighted by Crippen LogP contribution is 2.18. The van der Waals surface area contributed by atoms with Gasteiger partial charge in [0.05, 0.1) is 0 Å². The number of carbonyl (C=O) groups excluding carboxylic acids is 1. The zero-order chi connectivity index (χ0) is 15.2. The van der Waals surface area contributed by atoms with Crippen molar-refractivity contribution in [1.82, 2.24) is 0 Å². The van der Waals surface area contributed by atoms with E-state index in [0.29, 0.717) is 17.7 Å². The number of hydrogen-bond donors (Lipinski definition) is 2. The molecule has 0 aliphatic rings. The molecular weight excluding hydrogens is 266 g/mol. The van der Waals surface area contributed by atoms with E-state index in [4.69, 9.17) is 5.11 Å². The van der Waals surface area contributed by atoms with Crippen LogP contribution in [0.4, 0.5) is 5.69 Å². The van der Waals surface area contributed by atoms with Crippen molar-refractivity contribution in [3.05, 3.63) is 65.2 Å². The SMILES string of the molecule is Cc1ccc(C(=O)Nc2ccccc2CCC(=O)O)cc1. The van der Waals surface area contributed by atoms with Crippen LogP contribution in [0.2, 0.25) is 0 Å². The number of nitrogens with one attached hydrogen (secondary N) is 1. The van der Waals surface area contributed by atoms with Crippen molar-refractivity contribution in [3.8, 4) is 0 Å². The number of carbonyl (C=O) groups is 2. The Labute approximate surface area is 123 Å². The van der Waals surface area contributed by atoms with E-state index in [1.165, 1.54) is 0 Å². The van der Waals surface area contributed by atoms with Crippen LogP contribution >= 0.6 is 0 Å². The van der Waals surface area contributed by atoms with Gasteiger partial charge in [-0.3, -0.25) is 9.59 Å². The summed E-state index contributed by atoms with van der Waals surface area (Å²) in [7, 11) is 0. The number of para-hydroxylation sites is 1. The van der Waals surface area contributed by atoms with E-state index in [-0.39, 0.29) is 12.3 Å². The van der Waals surface area contributed by atoms with Crippen LogP contribution in [-0.2, 0) is 11.2 Å². The zero-order valence-electron chi connectivity index (χ0n) is 11.8. The zero-order valence-corrected chi connectivity index (χ0v) is 11.8. The molecule has 21 heavy (non-hydrogen) atoms. The summed E-state index contributed by atoms with van der Waals surface area (Å²) < 4.78 is 0. The predicted molar refractivity (Wildman–Crippen MR) is 81.5 cm³/mol. The van der Waals surface area contributed by atoms with Gasteiger partial charge >= 0.3 is 5.97 Å². The number of hydrogen-bond acceptors (Lipinski definition) is 2. The predicted octanol–water partition coefficient (Wildman–Crippen LogP) is 3.26. The fraction of sp³-hybridized carbons (Fsp3) is 0.176. The molecule has 0 aliphatic heterocycles. The highest BCUT2D eigenvalue weighted by Gasteiger charge is 2.09. The molecule has 0 unspecified atom stereocenters. The van der Waals surface area contributed by atoms with Gasteiger partial charge in [-0.1, -0.05) is 35.9 Å². The van der Waals surface area contributed by atoms with Gasteiger partial charge in [-0.05, 0) is 37.1 Å². The van der Waals surface area contributed by atoms with Crippen LogP contribution in [-0.4, -0.2) is 17.0 Å². The van der Waals surface area contributed by atoms with Gasteiger partial charge in [0, 0.05) is 17.7 Å². The molecule has 0 saturated carbocycles. The molecule has 4 nitrogen and oxygen atoms in total. The van der Waals surface area contributed by atoms with Crippen molar-refractivity contribution >= 4 is 17.6 Å². The molecule has 2 rings (SSSR count). The normalized spacial score (nSPS) is 10.1. The van der Waals surface area contributed by atoms with Gasteiger partial charge in [0.25, 0.3) is 5.91 Å². The average molecular weight is 283 g/mol. The first kappa shape index (κ1) is 14.8. The lowest BCUT2D eigenvalue weighted by Crippen LogP contribution is -2.13. The highest BCUT2D eigenvalue weighted by atomic mass is 16.4. The molecule has 108 valence electrons. The first-order chi connectivity index (χ1) is 10.1. The van der Waals surface area contributed by atoms with Gasteiger partial charge in [-0.25, -0.2) is 0 Å². The molecule has 0 atom stereocenters. The molecule has 0 radical (unpaired) electrons. The summed E-state index contributed by atoms with van der Waals surface area (Å²) in [5.41, 5.74) is 3.15. The first-order valence-electron chi connectivity index (χ1n) is 6.74. The average Bonchev–Trinajstić information content (AvgIpc) is 2.47. The van der Waals surface area contributed by atoms with Crippen LogP contribution in [0, 0.1) is 6.92 Å². The number of rotatable bonds is 5. The Morgan fingerprint density at radius 3 is 2.38 bits per heavy atom. The van der Waals surface area contributed by atoms with Gasteiger partial charge < -0.3 is 10.4 Å². The summed E-state index contributed by atoms with van der Waals surface area (Å²) in [6, 6.07) is 14.6. The van der Waals surface area contributed by atoms with Gasteiger partial charge in [-0.2, -0.15) is 0 Å². The molecule has 0 aromatic heterocycles. The molecule has 2 aromatic rings. The number of carboxylic acid groups (broad SMARTS) is 1. The lowest BCUT2D eigenvalue weighted by Gasteiger charge is -2.10.